The molecule has 0 saturated carbocycles. The molecule has 0 N–H and O–H groups in total. The second-order valence-corrected chi connectivity index (χ2v) is 5.57. The number of carbonyl (C=O) groups is 1. The maximum absolute atomic E-state index is 12.1. The van der Waals surface area contributed by atoms with E-state index in [4.69, 9.17) is 0 Å². The predicted octanol–water partition coefficient (Wildman–Crippen LogP) is 3.35. The molecule has 0 fully saturated rings. The first kappa shape index (κ1) is 15.3. The highest BCUT2D eigenvalue weighted by atomic mass is 32.2. The van der Waals surface area contributed by atoms with Crippen molar-refractivity contribution in [1.82, 2.24) is 9.78 Å². The van der Waals surface area contributed by atoms with Crippen LogP contribution in [-0.4, -0.2) is 27.1 Å². The molecule has 0 radical (unpaired) electrons. The molecule has 4 heteroatoms. The number of Topliss-reactive ketones (excluding diaryl/α,β-unsaturated/α-hetero) is 1. The minimum atomic E-state index is 0.234. The van der Waals surface area contributed by atoms with Crippen molar-refractivity contribution >= 4 is 17.5 Å². The van der Waals surface area contributed by atoms with Crippen LogP contribution in [0.1, 0.15) is 55.9 Å². The van der Waals surface area contributed by atoms with Crippen LogP contribution >= 0.6 is 11.8 Å². The molecule has 0 saturated heterocycles. The molecule has 0 aliphatic rings. The lowest BCUT2D eigenvalue weighted by molar-refractivity contribution is 0.0986. The van der Waals surface area contributed by atoms with E-state index in [-0.39, 0.29) is 5.78 Å². The summed E-state index contributed by atoms with van der Waals surface area (Å²) in [6, 6.07) is 0. The summed E-state index contributed by atoms with van der Waals surface area (Å²) in [5.41, 5.74) is 2.99. The first-order chi connectivity index (χ1) is 8.69. The largest absolute Gasteiger partial charge is 0.294 e. The number of carbonyl (C=O) groups excluding carboxylic acids is 1. The van der Waals surface area contributed by atoms with Gasteiger partial charge in [-0.15, -0.1) is 0 Å². The van der Waals surface area contributed by atoms with Gasteiger partial charge >= 0.3 is 0 Å². The fourth-order valence-corrected chi connectivity index (χ4v) is 2.73. The number of nitrogens with zero attached hydrogens (tertiary/aromatic N) is 2. The normalized spacial score (nSPS) is 10.9. The molecule has 0 aromatic carbocycles. The second-order valence-electron chi connectivity index (χ2n) is 4.17. The van der Waals surface area contributed by atoms with E-state index in [1.54, 1.807) is 0 Å². The molecule has 18 heavy (non-hydrogen) atoms. The monoisotopic (exact) mass is 268 g/mol. The van der Waals surface area contributed by atoms with Gasteiger partial charge in [0, 0.05) is 17.9 Å². The lowest BCUT2D eigenvalue weighted by atomic mass is 10.0. The molecule has 0 aliphatic heterocycles. The van der Waals surface area contributed by atoms with Crippen LogP contribution in [0, 0.1) is 0 Å². The standard InChI is InChI=1S/C14H24N2OS/c1-5-11-14(13(17)7-3)12(6-2)16(15-11)9-10-18-8-4/h5-10H2,1-4H3. The van der Waals surface area contributed by atoms with E-state index < -0.39 is 0 Å². The van der Waals surface area contributed by atoms with E-state index in [2.05, 4.69) is 25.9 Å². The van der Waals surface area contributed by atoms with E-state index in [0.717, 1.165) is 47.8 Å². The van der Waals surface area contributed by atoms with E-state index >= 15 is 0 Å². The summed E-state index contributed by atoms with van der Waals surface area (Å²) in [4.78, 5) is 12.1. The molecule has 0 atom stereocenters. The van der Waals surface area contributed by atoms with E-state index in [9.17, 15) is 4.79 Å². The number of rotatable bonds is 8. The third-order valence-corrected chi connectivity index (χ3v) is 3.93. The molecule has 0 spiro atoms. The fourth-order valence-electron chi connectivity index (χ4n) is 2.14. The molecule has 102 valence electrons. The second kappa shape index (κ2) is 7.62. The summed E-state index contributed by atoms with van der Waals surface area (Å²) in [6.45, 7) is 9.17. The first-order valence-electron chi connectivity index (χ1n) is 6.88. The van der Waals surface area contributed by atoms with E-state index in [1.165, 1.54) is 0 Å². The molecular formula is C14H24N2OS. The average molecular weight is 268 g/mol. The van der Waals surface area contributed by atoms with Crippen molar-refractivity contribution in [1.29, 1.82) is 0 Å². The van der Waals surface area contributed by atoms with Gasteiger partial charge in [-0.05, 0) is 18.6 Å². The maximum Gasteiger partial charge on any atom is 0.166 e. The van der Waals surface area contributed by atoms with Crippen molar-refractivity contribution in [2.45, 2.75) is 53.5 Å². The van der Waals surface area contributed by atoms with Crippen molar-refractivity contribution in [3.8, 4) is 0 Å². The Morgan fingerprint density at radius 2 is 1.94 bits per heavy atom. The Balaban J connectivity index is 3.04. The van der Waals surface area contributed by atoms with Crippen molar-refractivity contribution < 1.29 is 4.79 Å². The van der Waals surface area contributed by atoms with Crippen molar-refractivity contribution in [2.24, 2.45) is 0 Å². The highest BCUT2D eigenvalue weighted by Crippen LogP contribution is 2.19. The van der Waals surface area contributed by atoms with Crippen molar-refractivity contribution in [3.63, 3.8) is 0 Å². The van der Waals surface area contributed by atoms with Gasteiger partial charge in [0.2, 0.25) is 0 Å². The summed E-state index contributed by atoms with van der Waals surface area (Å²) in [5.74, 6) is 2.43. The third-order valence-electron chi connectivity index (χ3n) is 3.05. The van der Waals surface area contributed by atoms with Gasteiger partial charge in [0.05, 0.1) is 17.8 Å². The topological polar surface area (TPSA) is 34.9 Å². The summed E-state index contributed by atoms with van der Waals surface area (Å²) < 4.78 is 2.05. The van der Waals surface area contributed by atoms with Crippen molar-refractivity contribution in [3.05, 3.63) is 17.0 Å². The zero-order valence-corrected chi connectivity index (χ0v) is 12.8. The number of thioether (sulfide) groups is 1. The van der Waals surface area contributed by atoms with Gasteiger partial charge in [0.1, 0.15) is 0 Å². The van der Waals surface area contributed by atoms with E-state index in [1.807, 2.05) is 23.4 Å². The molecule has 1 heterocycles. The van der Waals surface area contributed by atoms with Crippen LogP contribution in [0.4, 0.5) is 0 Å². The number of hydrogen-bond acceptors (Lipinski definition) is 3. The van der Waals surface area contributed by atoms with Gasteiger partial charge in [0.15, 0.2) is 5.78 Å². The fraction of sp³-hybridized carbons (Fsp3) is 0.714. The smallest absolute Gasteiger partial charge is 0.166 e. The van der Waals surface area contributed by atoms with Gasteiger partial charge in [0.25, 0.3) is 0 Å². The summed E-state index contributed by atoms with van der Waals surface area (Å²) in [7, 11) is 0. The number of aromatic nitrogens is 2. The van der Waals surface area contributed by atoms with Crippen molar-refractivity contribution in [2.75, 3.05) is 11.5 Å². The number of ketones is 1. The average Bonchev–Trinajstić information content (AvgIpc) is 2.75. The molecule has 1 aromatic rings. The highest BCUT2D eigenvalue weighted by Gasteiger charge is 2.19. The minimum Gasteiger partial charge on any atom is -0.294 e. The molecule has 1 aromatic heterocycles. The molecule has 3 nitrogen and oxygen atoms in total. The maximum atomic E-state index is 12.1. The third kappa shape index (κ3) is 3.37. The first-order valence-corrected chi connectivity index (χ1v) is 8.04. The quantitative estimate of drug-likeness (QED) is 0.535. The Hall–Kier alpha value is -0.770. The highest BCUT2D eigenvalue weighted by molar-refractivity contribution is 7.99. The molecule has 0 bridgehead atoms. The molecule has 0 amide bonds. The Labute approximate surface area is 114 Å². The molecule has 1 rings (SSSR count). The van der Waals surface area contributed by atoms with Crippen LogP contribution < -0.4 is 0 Å². The van der Waals surface area contributed by atoms with Crippen LogP contribution in [0.25, 0.3) is 0 Å². The van der Waals surface area contributed by atoms with Crippen LogP contribution in [-0.2, 0) is 19.4 Å². The molecule has 0 aliphatic carbocycles. The Kier molecular flexibility index (Phi) is 6.47. The summed E-state index contributed by atoms with van der Waals surface area (Å²) >= 11 is 1.91. The van der Waals surface area contributed by atoms with Crippen LogP contribution in [0.15, 0.2) is 0 Å². The van der Waals surface area contributed by atoms with Crippen LogP contribution in [0.2, 0.25) is 0 Å². The van der Waals surface area contributed by atoms with Crippen LogP contribution in [0.5, 0.6) is 0 Å². The summed E-state index contributed by atoms with van der Waals surface area (Å²) in [6.07, 6.45) is 2.28. The lowest BCUT2D eigenvalue weighted by Gasteiger charge is -2.06. The Morgan fingerprint density at radius 1 is 1.22 bits per heavy atom. The van der Waals surface area contributed by atoms with Gasteiger partial charge in [-0.25, -0.2) is 0 Å². The number of hydrogen-bond donors (Lipinski definition) is 0. The van der Waals surface area contributed by atoms with Gasteiger partial charge in [-0.1, -0.05) is 27.7 Å². The molecule has 0 unspecified atom stereocenters. The zero-order chi connectivity index (χ0) is 13.5. The lowest BCUT2D eigenvalue weighted by Crippen LogP contribution is -2.09. The minimum absolute atomic E-state index is 0.234. The predicted molar refractivity (Wildman–Crippen MR) is 78.6 cm³/mol. The van der Waals surface area contributed by atoms with Crippen LogP contribution in [0.3, 0.4) is 0 Å². The molecular weight excluding hydrogens is 244 g/mol. The van der Waals surface area contributed by atoms with Gasteiger partial charge < -0.3 is 0 Å². The number of aryl methyl sites for hydroxylation is 2. The Bertz CT molecular complexity index is 399. The zero-order valence-electron chi connectivity index (χ0n) is 12.0. The van der Waals surface area contributed by atoms with E-state index in [0.29, 0.717) is 6.42 Å². The Morgan fingerprint density at radius 3 is 2.44 bits per heavy atom. The van der Waals surface area contributed by atoms with Gasteiger partial charge in [-0.2, -0.15) is 16.9 Å². The van der Waals surface area contributed by atoms with Gasteiger partial charge in [-0.3, -0.25) is 9.48 Å². The SMILES string of the molecule is CCSCCn1nc(CC)c(C(=O)CC)c1CC. The summed E-state index contributed by atoms with van der Waals surface area (Å²) in [5, 5.41) is 4.62.